The van der Waals surface area contributed by atoms with Crippen molar-refractivity contribution >= 4 is 28.1 Å². The molecule has 0 aliphatic heterocycles. The summed E-state index contributed by atoms with van der Waals surface area (Å²) in [6.45, 7) is 2.70. The minimum absolute atomic E-state index is 2.31. The Morgan fingerprint density at radius 3 is 1.62 bits per heavy atom. The molecule has 0 aromatic rings. The van der Waals surface area contributed by atoms with Gasteiger partial charge in [0, 0.05) is 6.72 Å². The summed E-state index contributed by atoms with van der Waals surface area (Å²) in [5.41, 5.74) is -5.53. The van der Waals surface area contributed by atoms with Crippen LogP contribution in [0.1, 0.15) is 0 Å². The van der Waals surface area contributed by atoms with Gasteiger partial charge in [0.15, 0.2) is 0 Å². The predicted octanol–water partition coefficient (Wildman–Crippen LogP) is -0.125. The van der Waals surface area contributed by atoms with Crippen LogP contribution in [0.2, 0.25) is 0 Å². The maximum atomic E-state index is 10.7. The Bertz CT molecular complexity index is 281. The Balaban J connectivity index is 0. The van der Waals surface area contributed by atoms with Gasteiger partial charge in [-0.1, -0.05) is 0 Å². The highest BCUT2D eigenvalue weighted by Crippen LogP contribution is 2.20. The number of alkyl halides is 3. The number of hydrogen-bond acceptors (Lipinski definition) is 4. The standard InChI is InChI=1S/CHF3O3S.CH3NO2S/c2-1(3,4)8(5,6)7;1-2-5(3)4/h(H,5,6,7);1H2,(H,3,4)/p-1. The highest BCUT2D eigenvalue weighted by atomic mass is 32.2. The summed E-state index contributed by atoms with van der Waals surface area (Å²) < 4.78 is 78.4. The fourth-order valence-corrected chi connectivity index (χ4v) is 0. The molecule has 0 amide bonds. The van der Waals surface area contributed by atoms with Gasteiger partial charge in [-0.15, -0.1) is 0 Å². The molecule has 0 saturated carbocycles. The first-order valence-electron chi connectivity index (χ1n) is 2.12. The third-order valence-electron chi connectivity index (χ3n) is 0.398. The molecule has 0 heterocycles. The SMILES string of the molecule is C=NS(=O)[O-].O=S(=O)(O)C(F)(F)F. The van der Waals surface area contributed by atoms with Crippen molar-refractivity contribution in [3.63, 3.8) is 0 Å². The molecule has 0 aromatic carbocycles. The van der Waals surface area contributed by atoms with Gasteiger partial charge in [-0.3, -0.25) is 8.76 Å². The first kappa shape index (κ1) is 15.0. The molecule has 1 N–H and O–H groups in total. The summed E-state index contributed by atoms with van der Waals surface area (Å²) in [6.07, 6.45) is 0. The molecule has 0 radical (unpaired) electrons. The lowest BCUT2D eigenvalue weighted by atomic mass is 11.6. The van der Waals surface area contributed by atoms with E-state index < -0.39 is 26.9 Å². The van der Waals surface area contributed by atoms with E-state index in [9.17, 15) is 13.2 Å². The molecule has 1 atom stereocenters. The first-order chi connectivity index (χ1) is 5.52. The monoisotopic (exact) mass is 242 g/mol. The van der Waals surface area contributed by atoms with E-state index in [1.807, 2.05) is 0 Å². The van der Waals surface area contributed by atoms with E-state index in [4.69, 9.17) is 21.7 Å². The van der Waals surface area contributed by atoms with E-state index in [0.717, 1.165) is 0 Å². The van der Waals surface area contributed by atoms with Gasteiger partial charge >= 0.3 is 15.6 Å². The van der Waals surface area contributed by atoms with Gasteiger partial charge in [-0.2, -0.15) is 21.6 Å². The van der Waals surface area contributed by atoms with Crippen molar-refractivity contribution in [3.05, 3.63) is 0 Å². The Morgan fingerprint density at radius 2 is 1.62 bits per heavy atom. The largest absolute Gasteiger partial charge is 0.754 e. The average molecular weight is 242 g/mol. The molecule has 11 heteroatoms. The van der Waals surface area contributed by atoms with Gasteiger partial charge in [0.05, 0.1) is 11.3 Å². The second-order valence-corrected chi connectivity index (χ2v) is 3.37. The Kier molecular flexibility index (Phi) is 6.06. The van der Waals surface area contributed by atoms with Crippen LogP contribution < -0.4 is 0 Å². The van der Waals surface area contributed by atoms with Crippen LogP contribution in [0.15, 0.2) is 4.40 Å². The van der Waals surface area contributed by atoms with Crippen LogP contribution in [-0.4, -0.2) is 34.0 Å². The van der Waals surface area contributed by atoms with Gasteiger partial charge < -0.3 is 4.55 Å². The van der Waals surface area contributed by atoms with E-state index in [2.05, 4.69) is 11.1 Å². The topological polar surface area (TPSA) is 107 Å². The van der Waals surface area contributed by atoms with E-state index >= 15 is 0 Å². The summed E-state index contributed by atoms with van der Waals surface area (Å²) in [6, 6.07) is 0. The third kappa shape index (κ3) is 9.39. The molecule has 13 heavy (non-hydrogen) atoms. The van der Waals surface area contributed by atoms with Crippen molar-refractivity contribution in [2.75, 3.05) is 0 Å². The van der Waals surface area contributed by atoms with Crippen LogP contribution in [0, 0.1) is 0 Å². The molecule has 0 bridgehead atoms. The second kappa shape index (κ2) is 5.26. The van der Waals surface area contributed by atoms with Gasteiger partial charge in [0.1, 0.15) is 0 Å². The van der Waals surface area contributed by atoms with E-state index in [-0.39, 0.29) is 0 Å². The third-order valence-corrected chi connectivity index (χ3v) is 1.19. The number of hydrogen-bond donors (Lipinski definition) is 1. The minimum atomic E-state index is -5.84. The zero-order chi connectivity index (χ0) is 11.3. The maximum Gasteiger partial charge on any atom is 0.522 e. The molecule has 0 fully saturated rings. The molecule has 1 unspecified atom stereocenters. The van der Waals surface area contributed by atoms with Gasteiger partial charge in [-0.25, -0.2) is 4.40 Å². The summed E-state index contributed by atoms with van der Waals surface area (Å²) >= 11 is -2.31. The van der Waals surface area contributed by atoms with Crippen molar-refractivity contribution in [2.45, 2.75) is 5.51 Å². The number of nitrogens with zero attached hydrogens (tertiary/aromatic N) is 1. The second-order valence-electron chi connectivity index (χ2n) is 1.27. The van der Waals surface area contributed by atoms with Gasteiger partial charge in [-0.05, 0) is 0 Å². The fourth-order valence-electron chi connectivity index (χ4n) is 0. The lowest BCUT2D eigenvalue weighted by molar-refractivity contribution is -0.0510. The van der Waals surface area contributed by atoms with Crippen LogP contribution in [0.3, 0.4) is 0 Å². The molecule has 0 aliphatic rings. The molecule has 0 aromatic heterocycles. The van der Waals surface area contributed by atoms with Crippen LogP contribution in [0.5, 0.6) is 0 Å². The molecule has 0 rings (SSSR count). The van der Waals surface area contributed by atoms with Crippen LogP contribution >= 0.6 is 0 Å². The van der Waals surface area contributed by atoms with Crippen LogP contribution in [-0.2, 0) is 21.4 Å². The van der Waals surface area contributed by atoms with E-state index in [1.165, 1.54) is 0 Å². The smallest absolute Gasteiger partial charge is 0.522 e. The normalized spacial score (nSPS) is 13.9. The predicted molar refractivity (Wildman–Crippen MR) is 36.1 cm³/mol. The summed E-state index contributed by atoms with van der Waals surface area (Å²) in [7, 11) is -5.84. The van der Waals surface area contributed by atoms with Crippen molar-refractivity contribution in [2.24, 2.45) is 4.40 Å². The summed E-state index contributed by atoms with van der Waals surface area (Å²) in [5.74, 6) is 0. The highest BCUT2D eigenvalue weighted by molar-refractivity contribution is 7.86. The van der Waals surface area contributed by atoms with E-state index in [1.54, 1.807) is 0 Å². The molecule has 0 aliphatic carbocycles. The first-order valence-corrected chi connectivity index (χ1v) is 4.59. The number of halogens is 3. The Labute approximate surface area is 73.6 Å². The summed E-state index contributed by atoms with van der Waals surface area (Å²) in [5, 5.41) is 0. The molecular weight excluding hydrogens is 239 g/mol. The summed E-state index contributed by atoms with van der Waals surface area (Å²) in [4.78, 5) is 0. The van der Waals surface area contributed by atoms with Crippen molar-refractivity contribution in [1.29, 1.82) is 0 Å². The molecule has 80 valence electrons. The molecule has 0 spiro atoms. The minimum Gasteiger partial charge on any atom is -0.754 e. The average Bonchev–Trinajstić information content (AvgIpc) is 1.84. The highest BCUT2D eigenvalue weighted by Gasteiger charge is 2.44. The lowest BCUT2D eigenvalue weighted by Crippen LogP contribution is -2.21. The van der Waals surface area contributed by atoms with Crippen molar-refractivity contribution in [1.82, 2.24) is 0 Å². The Hall–Kier alpha value is -0.520. The van der Waals surface area contributed by atoms with Crippen molar-refractivity contribution in [3.8, 4) is 0 Å². The zero-order valence-electron chi connectivity index (χ0n) is 5.68. The molecule has 6 nitrogen and oxygen atoms in total. The van der Waals surface area contributed by atoms with Gasteiger partial charge in [0.2, 0.25) is 0 Å². The van der Waals surface area contributed by atoms with Gasteiger partial charge in [0.25, 0.3) is 0 Å². The van der Waals surface area contributed by atoms with Crippen LogP contribution in [0.25, 0.3) is 0 Å². The van der Waals surface area contributed by atoms with Crippen molar-refractivity contribution < 1.29 is 34.9 Å². The fraction of sp³-hybridized carbons (Fsp3) is 0.500. The van der Waals surface area contributed by atoms with E-state index in [0.29, 0.717) is 0 Å². The Morgan fingerprint density at radius 1 is 1.46 bits per heavy atom. The molecular formula is C2H3F3NO5S2-. The van der Waals surface area contributed by atoms with Crippen LogP contribution in [0.4, 0.5) is 13.2 Å². The quantitative estimate of drug-likeness (QED) is 0.298. The maximum absolute atomic E-state index is 10.7. The molecule has 0 saturated heterocycles. The number of rotatable bonds is 1. The zero-order valence-corrected chi connectivity index (χ0v) is 7.32. The lowest BCUT2D eigenvalue weighted by Gasteiger charge is -1.97.